The van der Waals surface area contributed by atoms with Crippen LogP contribution in [-0.2, 0) is 31.4 Å². The van der Waals surface area contributed by atoms with Crippen LogP contribution in [0.1, 0.15) is 47.9 Å². The van der Waals surface area contributed by atoms with Gasteiger partial charge in [0, 0.05) is 49.0 Å². The van der Waals surface area contributed by atoms with Gasteiger partial charge in [0.2, 0.25) is 0 Å². The minimum Gasteiger partial charge on any atom is -0.486 e. The van der Waals surface area contributed by atoms with E-state index in [0.29, 0.717) is 61.2 Å². The summed E-state index contributed by atoms with van der Waals surface area (Å²) in [5.74, 6) is -2.14. The molecule has 0 bridgehead atoms. The molecule has 0 amide bonds. The highest BCUT2D eigenvalue weighted by atomic mass is 19.4. The average molecular weight is 629 g/mol. The van der Waals surface area contributed by atoms with Crippen molar-refractivity contribution in [2.75, 3.05) is 26.4 Å². The van der Waals surface area contributed by atoms with Gasteiger partial charge < -0.3 is 29.2 Å². The zero-order valence-electron chi connectivity index (χ0n) is 22.9. The molecular weight excluding hydrogens is 602 g/mol. The molecule has 2 spiro atoms. The van der Waals surface area contributed by atoms with Crippen LogP contribution in [0.5, 0.6) is 11.5 Å². The second kappa shape index (κ2) is 11.5. The van der Waals surface area contributed by atoms with Crippen LogP contribution in [0.15, 0.2) is 48.6 Å². The summed E-state index contributed by atoms with van der Waals surface area (Å²) in [6.45, 7) is 1.35. The van der Waals surface area contributed by atoms with E-state index in [0.717, 1.165) is 36.4 Å². The molecular formula is C30H26F6O8. The highest BCUT2D eigenvalue weighted by molar-refractivity contribution is 5.92. The molecule has 44 heavy (non-hydrogen) atoms. The zero-order valence-corrected chi connectivity index (χ0v) is 22.9. The molecule has 0 saturated carbocycles. The van der Waals surface area contributed by atoms with Crippen LogP contribution in [0, 0.1) is 0 Å². The lowest BCUT2D eigenvalue weighted by Crippen LogP contribution is -2.55. The second-order valence-corrected chi connectivity index (χ2v) is 11.0. The van der Waals surface area contributed by atoms with E-state index in [1.165, 1.54) is 12.1 Å². The van der Waals surface area contributed by atoms with Crippen molar-refractivity contribution in [2.45, 2.75) is 49.2 Å². The van der Waals surface area contributed by atoms with E-state index >= 15 is 0 Å². The molecule has 8 nitrogen and oxygen atoms in total. The van der Waals surface area contributed by atoms with Gasteiger partial charge in [0.1, 0.15) is 17.1 Å². The molecule has 0 unspecified atom stereocenters. The standard InChI is InChI=1S/C16H15F3O4.C14H11F3O4/c17-16(18,19)11-1-2-12-10(7-14(20)21)9-15(23-13(12)8-11)3-5-22-6-4-15;15-14(16,17)9-1-2-10-8(3-12(18)19)5-13(6-20-7-13)21-11(10)4-9/h1-2,7-8H,3-6,9H2,(H,20,21);1-4H,5-7H2,(H,18,19)/b10-7+;8-3+. The number of carbonyl (C=O) groups is 2. The summed E-state index contributed by atoms with van der Waals surface area (Å²) in [4.78, 5) is 21.9. The first-order valence-corrected chi connectivity index (χ1v) is 13.4. The molecule has 0 radical (unpaired) electrons. The number of hydrogen-bond donors (Lipinski definition) is 2. The van der Waals surface area contributed by atoms with Crippen LogP contribution >= 0.6 is 0 Å². The van der Waals surface area contributed by atoms with Crippen LogP contribution in [0.3, 0.4) is 0 Å². The minimum atomic E-state index is -4.48. The van der Waals surface area contributed by atoms with Crippen molar-refractivity contribution >= 4 is 23.1 Å². The monoisotopic (exact) mass is 628 g/mol. The maximum atomic E-state index is 12.9. The van der Waals surface area contributed by atoms with E-state index < -0.39 is 46.6 Å². The summed E-state index contributed by atoms with van der Waals surface area (Å²) < 4.78 is 98.9. The number of ether oxygens (including phenoxy) is 4. The van der Waals surface area contributed by atoms with E-state index in [1.807, 2.05) is 0 Å². The molecule has 0 atom stereocenters. The number of hydrogen-bond acceptors (Lipinski definition) is 6. The van der Waals surface area contributed by atoms with E-state index in [2.05, 4.69) is 0 Å². The third kappa shape index (κ3) is 6.70. The summed E-state index contributed by atoms with van der Waals surface area (Å²) in [5.41, 5.74) is -1.38. The van der Waals surface area contributed by atoms with Gasteiger partial charge in [-0.1, -0.05) is 12.1 Å². The molecule has 236 valence electrons. The Labute approximate surface area is 246 Å². The maximum absolute atomic E-state index is 12.9. The topological polar surface area (TPSA) is 112 Å². The van der Waals surface area contributed by atoms with E-state index in [4.69, 9.17) is 29.2 Å². The zero-order chi connectivity index (χ0) is 31.9. The lowest BCUT2D eigenvalue weighted by molar-refractivity contribution is -0.161. The molecule has 4 aliphatic rings. The second-order valence-electron chi connectivity index (χ2n) is 11.0. The third-order valence-electron chi connectivity index (χ3n) is 7.72. The van der Waals surface area contributed by atoms with Gasteiger partial charge in [-0.2, -0.15) is 26.3 Å². The molecule has 0 aromatic heterocycles. The average Bonchev–Trinajstić information content (AvgIpc) is 2.90. The van der Waals surface area contributed by atoms with Crippen molar-refractivity contribution in [3.05, 3.63) is 70.8 Å². The van der Waals surface area contributed by atoms with Gasteiger partial charge in [0.25, 0.3) is 0 Å². The van der Waals surface area contributed by atoms with Crippen LogP contribution in [0.4, 0.5) is 26.3 Å². The summed E-state index contributed by atoms with van der Waals surface area (Å²) >= 11 is 0. The Morgan fingerprint density at radius 1 is 0.682 bits per heavy atom. The minimum absolute atomic E-state index is 0.0480. The molecule has 2 fully saturated rings. The van der Waals surface area contributed by atoms with E-state index in [9.17, 15) is 35.9 Å². The third-order valence-corrected chi connectivity index (χ3v) is 7.72. The summed E-state index contributed by atoms with van der Waals surface area (Å²) in [7, 11) is 0. The lowest BCUT2D eigenvalue weighted by Gasteiger charge is -2.45. The number of rotatable bonds is 2. The Morgan fingerprint density at radius 3 is 1.50 bits per heavy atom. The smallest absolute Gasteiger partial charge is 0.416 e. The number of benzene rings is 2. The number of carboxylic acids is 2. The predicted molar refractivity (Wildman–Crippen MR) is 141 cm³/mol. The first-order chi connectivity index (χ1) is 20.6. The first-order valence-electron chi connectivity index (χ1n) is 13.4. The molecule has 14 heteroatoms. The van der Waals surface area contributed by atoms with Gasteiger partial charge in [-0.25, -0.2) is 9.59 Å². The Morgan fingerprint density at radius 2 is 1.11 bits per heavy atom. The SMILES string of the molecule is O=C(O)/C=C1\CC2(CCOCC2)Oc2cc(C(F)(F)F)ccc21.O=C(O)/C=C1\CC2(COC2)Oc2cc(C(F)(F)F)ccc21. The molecule has 2 N–H and O–H groups in total. The summed E-state index contributed by atoms with van der Waals surface area (Å²) in [6.07, 6.45) is -5.22. The molecule has 0 aliphatic carbocycles. The van der Waals surface area contributed by atoms with Gasteiger partial charge in [-0.3, -0.25) is 0 Å². The Balaban J connectivity index is 0.000000175. The van der Waals surface area contributed by atoms with Crippen molar-refractivity contribution in [2.24, 2.45) is 0 Å². The molecule has 2 saturated heterocycles. The Kier molecular flexibility index (Phi) is 8.18. The summed E-state index contributed by atoms with van der Waals surface area (Å²) in [6, 6.07) is 6.25. The maximum Gasteiger partial charge on any atom is 0.416 e. The molecule has 4 heterocycles. The highest BCUT2D eigenvalue weighted by Crippen LogP contribution is 2.47. The van der Waals surface area contributed by atoms with Crippen LogP contribution < -0.4 is 9.47 Å². The van der Waals surface area contributed by atoms with Gasteiger partial charge >= 0.3 is 24.3 Å². The summed E-state index contributed by atoms with van der Waals surface area (Å²) in [5, 5.41) is 17.9. The lowest BCUT2D eigenvalue weighted by atomic mass is 9.81. The molecule has 4 aliphatic heterocycles. The fourth-order valence-electron chi connectivity index (χ4n) is 5.59. The van der Waals surface area contributed by atoms with Gasteiger partial charge in [-0.15, -0.1) is 0 Å². The van der Waals surface area contributed by atoms with Gasteiger partial charge in [0.05, 0.1) is 37.6 Å². The number of alkyl halides is 6. The molecule has 2 aromatic rings. The van der Waals surface area contributed by atoms with Crippen molar-refractivity contribution < 1.29 is 65.1 Å². The van der Waals surface area contributed by atoms with Crippen molar-refractivity contribution in [3.8, 4) is 11.5 Å². The van der Waals surface area contributed by atoms with Crippen LogP contribution in [0.2, 0.25) is 0 Å². The quantitative estimate of drug-likeness (QED) is 0.298. The van der Waals surface area contributed by atoms with Gasteiger partial charge in [0.15, 0.2) is 5.60 Å². The van der Waals surface area contributed by atoms with Crippen LogP contribution in [0.25, 0.3) is 11.1 Å². The molecule has 6 rings (SSSR count). The Hall–Kier alpha value is -4.04. The van der Waals surface area contributed by atoms with E-state index in [1.54, 1.807) is 0 Å². The normalized spacial score (nSPS) is 21.7. The number of aliphatic carboxylic acids is 2. The van der Waals surface area contributed by atoms with Gasteiger partial charge in [-0.05, 0) is 35.4 Å². The fourth-order valence-corrected chi connectivity index (χ4v) is 5.59. The van der Waals surface area contributed by atoms with Crippen LogP contribution in [-0.4, -0.2) is 59.8 Å². The number of carboxylic acid groups (broad SMARTS) is 2. The first kappa shape index (κ1) is 31.4. The molecule has 2 aromatic carbocycles. The number of fused-ring (bicyclic) bond motifs is 2. The predicted octanol–water partition coefficient (Wildman–Crippen LogP) is 6.23. The van der Waals surface area contributed by atoms with Crippen molar-refractivity contribution in [1.29, 1.82) is 0 Å². The Bertz CT molecular complexity index is 1510. The number of halogens is 6. The largest absolute Gasteiger partial charge is 0.486 e. The fraction of sp³-hybridized carbons (Fsp3) is 0.400. The van der Waals surface area contributed by atoms with Crippen molar-refractivity contribution in [3.63, 3.8) is 0 Å². The van der Waals surface area contributed by atoms with Crippen molar-refractivity contribution in [1.82, 2.24) is 0 Å². The van der Waals surface area contributed by atoms with E-state index in [-0.39, 0.29) is 24.7 Å². The highest BCUT2D eigenvalue weighted by Gasteiger charge is 2.46.